The Bertz CT molecular complexity index is 769. The van der Waals surface area contributed by atoms with Gasteiger partial charge in [0.25, 0.3) is 0 Å². The van der Waals surface area contributed by atoms with Crippen molar-refractivity contribution in [1.82, 2.24) is 24.7 Å². The number of aromatic nitrogens is 4. The smallest absolute Gasteiger partial charge is 0.377 e. The predicted octanol–water partition coefficient (Wildman–Crippen LogP) is 2.02. The molecule has 1 heterocycles. The van der Waals surface area contributed by atoms with Gasteiger partial charge in [0.05, 0.1) is 7.11 Å². The van der Waals surface area contributed by atoms with Gasteiger partial charge in [0.1, 0.15) is 11.4 Å². The maximum absolute atomic E-state index is 12.8. The summed E-state index contributed by atoms with van der Waals surface area (Å²) in [5.74, 6) is 1.04. The minimum absolute atomic E-state index is 0.280. The van der Waals surface area contributed by atoms with Crippen molar-refractivity contribution in [2.45, 2.75) is 27.7 Å². The third kappa shape index (κ3) is 4.26. The lowest BCUT2D eigenvalue weighted by atomic mass is 10.1. The van der Waals surface area contributed by atoms with Crippen molar-refractivity contribution in [3.05, 3.63) is 34.7 Å². The molecule has 0 aliphatic carbocycles. The van der Waals surface area contributed by atoms with Crippen molar-refractivity contribution in [1.29, 1.82) is 0 Å². The van der Waals surface area contributed by atoms with E-state index in [0.29, 0.717) is 24.5 Å². The number of methoxy groups -OCH3 is 1. The van der Waals surface area contributed by atoms with Crippen molar-refractivity contribution >= 4 is 6.03 Å². The van der Waals surface area contributed by atoms with E-state index in [2.05, 4.69) is 10.4 Å². The molecule has 0 fully saturated rings. The molecule has 0 N–H and O–H groups in total. The summed E-state index contributed by atoms with van der Waals surface area (Å²) in [6.07, 6.45) is 0. The molecule has 1 aromatic carbocycles. The van der Waals surface area contributed by atoms with Gasteiger partial charge in [-0.3, -0.25) is 0 Å². The second-order valence-electron chi connectivity index (χ2n) is 6.73. The fourth-order valence-corrected chi connectivity index (χ4v) is 2.57. The highest BCUT2D eigenvalue weighted by Gasteiger charge is 2.23. The molecule has 2 aromatic rings. The summed E-state index contributed by atoms with van der Waals surface area (Å²) in [6.45, 7) is 9.18. The summed E-state index contributed by atoms with van der Waals surface area (Å²) in [5, 5.41) is 7.62. The molecule has 1 aromatic heterocycles. The molecule has 25 heavy (non-hydrogen) atoms. The summed E-state index contributed by atoms with van der Waals surface area (Å²) in [6, 6.07) is 6.48. The number of hydrogen-bond donors (Lipinski definition) is 0. The van der Waals surface area contributed by atoms with Crippen LogP contribution in [0, 0.1) is 11.8 Å². The zero-order valence-electron chi connectivity index (χ0n) is 15.3. The number of tetrazole rings is 1. The summed E-state index contributed by atoms with van der Waals surface area (Å²) in [5.41, 5.74) is -0.180. The lowest BCUT2D eigenvalue weighted by Crippen LogP contribution is -2.44. The first-order valence-electron chi connectivity index (χ1n) is 8.32. The van der Waals surface area contributed by atoms with Crippen LogP contribution in [0.5, 0.6) is 5.75 Å². The lowest BCUT2D eigenvalue weighted by Gasteiger charge is -2.25. The molecule has 0 atom stereocenters. The van der Waals surface area contributed by atoms with E-state index in [9.17, 15) is 9.59 Å². The van der Waals surface area contributed by atoms with E-state index < -0.39 is 11.7 Å². The number of amides is 1. The van der Waals surface area contributed by atoms with E-state index in [0.717, 1.165) is 9.36 Å². The van der Waals surface area contributed by atoms with Crippen LogP contribution in [-0.2, 0) is 0 Å². The number of nitrogens with zero attached hydrogens (tertiary/aromatic N) is 5. The number of carbonyl (C=O) groups excluding carboxylic acids is 1. The first kappa shape index (κ1) is 18.7. The molecule has 0 bridgehead atoms. The van der Waals surface area contributed by atoms with E-state index in [1.807, 2.05) is 27.7 Å². The summed E-state index contributed by atoms with van der Waals surface area (Å²) in [4.78, 5) is 27.1. The Balaban J connectivity index is 2.39. The molecule has 136 valence electrons. The molecule has 0 unspecified atom stereocenters. The fourth-order valence-electron chi connectivity index (χ4n) is 2.57. The standard InChI is InChI=1S/C17H25N5O3/c1-12(2)10-20(11-13(3)4)16(23)22-17(24)21(18-19-22)14-8-6-7-9-15(14)25-5/h6-9,12-13H,10-11H2,1-5H3. The minimum Gasteiger partial charge on any atom is -0.494 e. The second-order valence-corrected chi connectivity index (χ2v) is 6.73. The van der Waals surface area contributed by atoms with Crippen molar-refractivity contribution < 1.29 is 9.53 Å². The predicted molar refractivity (Wildman–Crippen MR) is 94.2 cm³/mol. The number of carbonyl (C=O) groups is 1. The van der Waals surface area contributed by atoms with E-state index >= 15 is 0 Å². The Hall–Kier alpha value is -2.64. The van der Waals surface area contributed by atoms with Crippen LogP contribution in [0.3, 0.4) is 0 Å². The average Bonchev–Trinajstić information content (AvgIpc) is 2.94. The Kier molecular flexibility index (Phi) is 5.95. The number of hydrogen-bond acceptors (Lipinski definition) is 5. The van der Waals surface area contributed by atoms with E-state index in [-0.39, 0.29) is 11.8 Å². The number of para-hydroxylation sites is 2. The van der Waals surface area contributed by atoms with Crippen molar-refractivity contribution in [3.63, 3.8) is 0 Å². The third-order valence-electron chi connectivity index (χ3n) is 3.52. The monoisotopic (exact) mass is 347 g/mol. The van der Waals surface area contributed by atoms with Crippen LogP contribution in [0.25, 0.3) is 5.69 Å². The van der Waals surface area contributed by atoms with Gasteiger partial charge in [-0.05, 0) is 34.4 Å². The Labute approximate surface area is 147 Å². The van der Waals surface area contributed by atoms with Gasteiger partial charge in [-0.1, -0.05) is 39.8 Å². The van der Waals surface area contributed by atoms with Gasteiger partial charge >= 0.3 is 11.7 Å². The molecule has 0 saturated heterocycles. The minimum atomic E-state index is -0.619. The van der Waals surface area contributed by atoms with Crippen LogP contribution in [0.1, 0.15) is 27.7 Å². The van der Waals surface area contributed by atoms with Gasteiger partial charge in [-0.15, -0.1) is 4.68 Å². The summed E-state index contributed by atoms with van der Waals surface area (Å²) in [7, 11) is 1.51. The first-order chi connectivity index (χ1) is 11.8. The second kappa shape index (κ2) is 7.96. The summed E-state index contributed by atoms with van der Waals surface area (Å²) >= 11 is 0. The van der Waals surface area contributed by atoms with Gasteiger partial charge < -0.3 is 9.64 Å². The molecule has 0 aliphatic rings. The van der Waals surface area contributed by atoms with Crippen LogP contribution in [0.15, 0.2) is 29.1 Å². The molecule has 2 rings (SSSR count). The average molecular weight is 347 g/mol. The molecule has 1 amide bonds. The highest BCUT2D eigenvalue weighted by atomic mass is 16.5. The first-order valence-corrected chi connectivity index (χ1v) is 8.32. The topological polar surface area (TPSA) is 82.2 Å². The van der Waals surface area contributed by atoms with Gasteiger partial charge in [-0.2, -0.15) is 4.68 Å². The SMILES string of the molecule is COc1ccccc1-n1nnn(C(=O)N(CC(C)C)CC(C)C)c1=O. The molecule has 0 spiro atoms. The quantitative estimate of drug-likeness (QED) is 0.747. The van der Waals surface area contributed by atoms with Crippen LogP contribution in [0.4, 0.5) is 4.79 Å². The van der Waals surface area contributed by atoms with Crippen molar-refractivity contribution in [3.8, 4) is 11.4 Å². The Morgan fingerprint density at radius 3 is 2.28 bits per heavy atom. The number of benzene rings is 1. The van der Waals surface area contributed by atoms with Crippen LogP contribution >= 0.6 is 0 Å². The molecular weight excluding hydrogens is 322 g/mol. The normalized spacial score (nSPS) is 11.2. The summed E-state index contributed by atoms with van der Waals surface area (Å²) < 4.78 is 7.12. The van der Waals surface area contributed by atoms with Crippen LogP contribution in [-0.4, -0.2) is 50.9 Å². The molecule has 8 nitrogen and oxygen atoms in total. The van der Waals surface area contributed by atoms with E-state index in [4.69, 9.17) is 4.74 Å². The van der Waals surface area contributed by atoms with E-state index in [1.165, 1.54) is 7.11 Å². The molecular formula is C17H25N5O3. The maximum atomic E-state index is 12.8. The zero-order valence-corrected chi connectivity index (χ0v) is 15.3. The molecule has 0 aliphatic heterocycles. The van der Waals surface area contributed by atoms with Gasteiger partial charge in [-0.25, -0.2) is 9.59 Å². The van der Waals surface area contributed by atoms with Crippen molar-refractivity contribution in [2.75, 3.05) is 20.2 Å². The number of ether oxygens (including phenoxy) is 1. The lowest BCUT2D eigenvalue weighted by molar-refractivity contribution is 0.180. The van der Waals surface area contributed by atoms with Gasteiger partial charge in [0, 0.05) is 13.1 Å². The molecule has 0 radical (unpaired) electrons. The Morgan fingerprint density at radius 1 is 1.12 bits per heavy atom. The Morgan fingerprint density at radius 2 is 1.72 bits per heavy atom. The van der Waals surface area contributed by atoms with Crippen LogP contribution in [0.2, 0.25) is 0 Å². The van der Waals surface area contributed by atoms with Crippen molar-refractivity contribution in [2.24, 2.45) is 11.8 Å². The van der Waals surface area contributed by atoms with Crippen LogP contribution < -0.4 is 10.4 Å². The number of rotatable bonds is 6. The van der Waals surface area contributed by atoms with Gasteiger partial charge in [0.15, 0.2) is 0 Å². The van der Waals surface area contributed by atoms with Gasteiger partial charge in [0.2, 0.25) is 0 Å². The van der Waals surface area contributed by atoms with E-state index in [1.54, 1.807) is 29.2 Å². The zero-order chi connectivity index (χ0) is 18.6. The largest absolute Gasteiger partial charge is 0.494 e. The maximum Gasteiger partial charge on any atom is 0.377 e. The fraction of sp³-hybridized carbons (Fsp3) is 0.529. The third-order valence-corrected chi connectivity index (χ3v) is 3.52. The molecule has 8 heteroatoms. The highest BCUT2D eigenvalue weighted by molar-refractivity contribution is 5.75. The highest BCUT2D eigenvalue weighted by Crippen LogP contribution is 2.19. The molecule has 0 saturated carbocycles.